The second-order valence-electron chi connectivity index (χ2n) is 4.03. The van der Waals surface area contributed by atoms with Crippen LogP contribution in [0.15, 0.2) is 40.9 Å². The van der Waals surface area contributed by atoms with Crippen molar-refractivity contribution in [3.8, 4) is 0 Å². The number of aryl methyl sites for hydroxylation is 1. The lowest BCUT2D eigenvalue weighted by atomic mass is 10.2. The molecular weight excluding hydrogens is 333 g/mol. The second kappa shape index (κ2) is 5.72. The van der Waals surface area contributed by atoms with Crippen LogP contribution in [-0.2, 0) is 0 Å². The zero-order valence-corrected chi connectivity index (χ0v) is 12.3. The highest BCUT2D eigenvalue weighted by molar-refractivity contribution is 9.10. The molecule has 0 fully saturated rings. The summed E-state index contributed by atoms with van der Waals surface area (Å²) in [5.41, 5.74) is 1.46. The van der Waals surface area contributed by atoms with Crippen molar-refractivity contribution in [2.75, 3.05) is 5.32 Å². The highest BCUT2D eigenvalue weighted by atomic mass is 79.9. The van der Waals surface area contributed by atoms with Crippen LogP contribution in [-0.4, -0.2) is 5.91 Å². The fraction of sp³-hybridized carbons (Fsp3) is 0.0714. The SMILES string of the molecule is Cc1ccc(NC(=O)c2c(F)cccc2Cl)c(Br)c1. The molecule has 0 heterocycles. The lowest BCUT2D eigenvalue weighted by Gasteiger charge is -2.09. The van der Waals surface area contributed by atoms with Crippen molar-refractivity contribution in [1.29, 1.82) is 0 Å². The average molecular weight is 343 g/mol. The number of carbonyl (C=O) groups excluding carboxylic acids is 1. The van der Waals surface area contributed by atoms with Crippen LogP contribution >= 0.6 is 27.5 Å². The Balaban J connectivity index is 2.31. The molecule has 98 valence electrons. The van der Waals surface area contributed by atoms with Gasteiger partial charge < -0.3 is 5.32 Å². The first-order valence-corrected chi connectivity index (χ1v) is 6.67. The average Bonchev–Trinajstić information content (AvgIpc) is 2.32. The summed E-state index contributed by atoms with van der Waals surface area (Å²) < 4.78 is 14.3. The summed E-state index contributed by atoms with van der Waals surface area (Å²) in [5, 5.41) is 2.71. The molecule has 0 saturated carbocycles. The first-order chi connectivity index (χ1) is 8.99. The Morgan fingerprint density at radius 2 is 2.05 bits per heavy atom. The van der Waals surface area contributed by atoms with Gasteiger partial charge in [0.1, 0.15) is 5.82 Å². The fourth-order valence-electron chi connectivity index (χ4n) is 1.62. The minimum absolute atomic E-state index is 0.0840. The minimum atomic E-state index is -0.645. The topological polar surface area (TPSA) is 29.1 Å². The molecule has 1 N–H and O–H groups in total. The van der Waals surface area contributed by atoms with E-state index in [4.69, 9.17) is 11.6 Å². The summed E-state index contributed by atoms with van der Waals surface area (Å²) in [6.07, 6.45) is 0. The normalized spacial score (nSPS) is 10.3. The summed E-state index contributed by atoms with van der Waals surface area (Å²) in [6.45, 7) is 1.93. The van der Waals surface area contributed by atoms with Crippen molar-refractivity contribution in [3.05, 3.63) is 62.8 Å². The maximum absolute atomic E-state index is 13.6. The molecule has 0 spiro atoms. The highest BCUT2D eigenvalue weighted by Gasteiger charge is 2.16. The van der Waals surface area contributed by atoms with Crippen LogP contribution in [0.2, 0.25) is 5.02 Å². The fourth-order valence-corrected chi connectivity index (χ4v) is 2.46. The molecule has 0 aliphatic heterocycles. The van der Waals surface area contributed by atoms with Crippen molar-refractivity contribution in [1.82, 2.24) is 0 Å². The summed E-state index contributed by atoms with van der Waals surface area (Å²) in [5.74, 6) is -1.22. The van der Waals surface area contributed by atoms with E-state index in [1.165, 1.54) is 18.2 Å². The first-order valence-electron chi connectivity index (χ1n) is 5.50. The smallest absolute Gasteiger partial charge is 0.260 e. The maximum Gasteiger partial charge on any atom is 0.260 e. The summed E-state index contributed by atoms with van der Waals surface area (Å²) in [6, 6.07) is 9.58. The molecule has 2 aromatic rings. The van der Waals surface area contributed by atoms with Gasteiger partial charge in [0, 0.05) is 4.47 Å². The number of nitrogens with one attached hydrogen (secondary N) is 1. The third-order valence-corrected chi connectivity index (χ3v) is 3.53. The molecule has 0 unspecified atom stereocenters. The maximum atomic E-state index is 13.6. The largest absolute Gasteiger partial charge is 0.321 e. The van der Waals surface area contributed by atoms with Gasteiger partial charge in [0.15, 0.2) is 0 Å². The Morgan fingerprint density at radius 1 is 1.32 bits per heavy atom. The lowest BCUT2D eigenvalue weighted by molar-refractivity contribution is 0.102. The Morgan fingerprint density at radius 3 is 2.68 bits per heavy atom. The van der Waals surface area contributed by atoms with Crippen molar-refractivity contribution in [3.63, 3.8) is 0 Å². The van der Waals surface area contributed by atoms with E-state index in [0.29, 0.717) is 5.69 Å². The minimum Gasteiger partial charge on any atom is -0.321 e. The summed E-state index contributed by atoms with van der Waals surface area (Å²) in [4.78, 5) is 12.0. The molecular formula is C14H10BrClFNO. The Kier molecular flexibility index (Phi) is 4.22. The molecule has 5 heteroatoms. The van der Waals surface area contributed by atoms with Crippen LogP contribution in [0, 0.1) is 12.7 Å². The van der Waals surface area contributed by atoms with Gasteiger partial charge in [-0.2, -0.15) is 0 Å². The van der Waals surface area contributed by atoms with E-state index < -0.39 is 11.7 Å². The van der Waals surface area contributed by atoms with Crippen LogP contribution in [0.1, 0.15) is 15.9 Å². The third kappa shape index (κ3) is 3.14. The molecule has 0 aliphatic rings. The number of halogens is 3. The highest BCUT2D eigenvalue weighted by Crippen LogP contribution is 2.26. The number of amides is 1. The van der Waals surface area contributed by atoms with E-state index in [0.717, 1.165) is 10.0 Å². The Labute approximate surface area is 123 Å². The van der Waals surface area contributed by atoms with Gasteiger partial charge in [-0.05, 0) is 52.7 Å². The van der Waals surface area contributed by atoms with Crippen LogP contribution < -0.4 is 5.32 Å². The van der Waals surface area contributed by atoms with Crippen molar-refractivity contribution in [2.45, 2.75) is 6.92 Å². The van der Waals surface area contributed by atoms with Gasteiger partial charge in [-0.1, -0.05) is 23.7 Å². The zero-order chi connectivity index (χ0) is 14.0. The molecule has 2 rings (SSSR count). The predicted molar refractivity (Wildman–Crippen MR) is 78.2 cm³/mol. The van der Waals surface area contributed by atoms with Crippen molar-refractivity contribution in [2.24, 2.45) is 0 Å². The van der Waals surface area contributed by atoms with Gasteiger partial charge in [0.2, 0.25) is 0 Å². The quantitative estimate of drug-likeness (QED) is 0.834. The predicted octanol–water partition coefficient (Wildman–Crippen LogP) is 4.80. The number of rotatable bonds is 2. The lowest BCUT2D eigenvalue weighted by Crippen LogP contribution is -2.14. The van der Waals surface area contributed by atoms with Gasteiger partial charge in [-0.25, -0.2) is 4.39 Å². The molecule has 0 atom stereocenters. The standard InChI is InChI=1S/C14H10BrClFNO/c1-8-5-6-12(9(15)7-8)18-14(19)13-10(16)3-2-4-11(13)17/h2-7H,1H3,(H,18,19). The zero-order valence-electron chi connectivity index (χ0n) is 10.0. The molecule has 0 aromatic heterocycles. The molecule has 2 nitrogen and oxygen atoms in total. The van der Waals surface area contributed by atoms with Crippen molar-refractivity contribution < 1.29 is 9.18 Å². The summed E-state index contributed by atoms with van der Waals surface area (Å²) >= 11 is 9.19. The van der Waals surface area contributed by atoms with Crippen LogP contribution in [0.3, 0.4) is 0 Å². The van der Waals surface area contributed by atoms with E-state index in [2.05, 4.69) is 21.2 Å². The number of hydrogen-bond donors (Lipinski definition) is 1. The van der Waals surface area contributed by atoms with Gasteiger partial charge in [-0.3, -0.25) is 4.79 Å². The number of hydrogen-bond acceptors (Lipinski definition) is 1. The monoisotopic (exact) mass is 341 g/mol. The van der Waals surface area contributed by atoms with E-state index in [1.54, 1.807) is 6.07 Å². The van der Waals surface area contributed by atoms with E-state index in [1.807, 2.05) is 19.1 Å². The molecule has 1 amide bonds. The van der Waals surface area contributed by atoms with Gasteiger partial charge >= 0.3 is 0 Å². The third-order valence-electron chi connectivity index (χ3n) is 2.56. The molecule has 0 aliphatic carbocycles. The van der Waals surface area contributed by atoms with Gasteiger partial charge in [0.05, 0.1) is 16.3 Å². The molecule has 2 aromatic carbocycles. The van der Waals surface area contributed by atoms with Crippen LogP contribution in [0.5, 0.6) is 0 Å². The van der Waals surface area contributed by atoms with E-state index in [-0.39, 0.29) is 10.6 Å². The molecule has 0 saturated heterocycles. The summed E-state index contributed by atoms with van der Waals surface area (Å²) in [7, 11) is 0. The molecule has 0 bridgehead atoms. The van der Waals surface area contributed by atoms with Crippen LogP contribution in [0.4, 0.5) is 10.1 Å². The Hall–Kier alpha value is -1.39. The number of anilines is 1. The molecule has 19 heavy (non-hydrogen) atoms. The van der Waals surface area contributed by atoms with Gasteiger partial charge in [0.25, 0.3) is 5.91 Å². The van der Waals surface area contributed by atoms with Crippen LogP contribution in [0.25, 0.3) is 0 Å². The Bertz CT molecular complexity index is 625. The van der Waals surface area contributed by atoms with Crippen molar-refractivity contribution >= 4 is 39.1 Å². The van der Waals surface area contributed by atoms with Gasteiger partial charge in [-0.15, -0.1) is 0 Å². The van der Waals surface area contributed by atoms with E-state index >= 15 is 0 Å². The first kappa shape index (κ1) is 14.0. The number of benzene rings is 2. The second-order valence-corrected chi connectivity index (χ2v) is 5.30. The van der Waals surface area contributed by atoms with E-state index in [9.17, 15) is 9.18 Å². The molecule has 0 radical (unpaired) electrons. The number of carbonyl (C=O) groups is 1.